The van der Waals surface area contributed by atoms with Crippen molar-refractivity contribution in [3.8, 4) is 0 Å². The maximum Gasteiger partial charge on any atom is 0.274 e. The predicted molar refractivity (Wildman–Crippen MR) is 95.3 cm³/mol. The Morgan fingerprint density at radius 3 is 2.83 bits per heavy atom. The summed E-state index contributed by atoms with van der Waals surface area (Å²) in [5.41, 5.74) is 2.73. The second-order valence-electron chi connectivity index (χ2n) is 6.12. The van der Waals surface area contributed by atoms with Gasteiger partial charge in [-0.25, -0.2) is 0 Å². The molecule has 2 aliphatic heterocycles. The molecule has 0 aromatic carbocycles. The lowest BCUT2D eigenvalue weighted by molar-refractivity contribution is 0.0682. The van der Waals surface area contributed by atoms with Crippen LogP contribution in [0.5, 0.6) is 0 Å². The fraction of sp³-hybridized carbons (Fsp3) is 0.533. The van der Waals surface area contributed by atoms with E-state index in [4.69, 9.17) is 0 Å². The topological polar surface area (TPSA) is 78.8 Å². The lowest BCUT2D eigenvalue weighted by Gasteiger charge is -2.32. The third-order valence-corrected chi connectivity index (χ3v) is 5.11. The molecule has 0 aliphatic carbocycles. The van der Waals surface area contributed by atoms with Crippen LogP contribution in [0, 0.1) is 0 Å². The molecule has 2 aromatic heterocycles. The van der Waals surface area contributed by atoms with Gasteiger partial charge in [0.1, 0.15) is 0 Å². The molecular weight excluding hydrogens is 396 g/mol. The SMILES string of the molecule is Cl.O=C(c1n[nH]c2c1CNCC2)N1CCC(n2cc(Br)cn2)CC1. The summed E-state index contributed by atoms with van der Waals surface area (Å²) in [6, 6.07) is 0.361. The summed E-state index contributed by atoms with van der Waals surface area (Å²) >= 11 is 3.43. The second-order valence-corrected chi connectivity index (χ2v) is 7.03. The van der Waals surface area contributed by atoms with Crippen molar-refractivity contribution in [1.29, 1.82) is 0 Å². The molecular formula is C15H20BrClN6O. The zero-order valence-electron chi connectivity index (χ0n) is 13.2. The molecule has 130 valence electrons. The smallest absolute Gasteiger partial charge is 0.274 e. The first-order chi connectivity index (χ1) is 11.2. The minimum atomic E-state index is 0. The molecule has 1 fully saturated rings. The van der Waals surface area contributed by atoms with Gasteiger partial charge in [0.2, 0.25) is 0 Å². The number of hydrogen-bond acceptors (Lipinski definition) is 4. The van der Waals surface area contributed by atoms with Gasteiger partial charge < -0.3 is 10.2 Å². The molecule has 7 nitrogen and oxygen atoms in total. The quantitative estimate of drug-likeness (QED) is 0.785. The summed E-state index contributed by atoms with van der Waals surface area (Å²) in [4.78, 5) is 14.7. The number of likely N-dealkylation sites (tertiary alicyclic amines) is 1. The van der Waals surface area contributed by atoms with Crippen molar-refractivity contribution in [1.82, 2.24) is 30.2 Å². The Labute approximate surface area is 154 Å². The number of carbonyl (C=O) groups is 1. The Morgan fingerprint density at radius 1 is 1.33 bits per heavy atom. The highest BCUT2D eigenvalue weighted by Gasteiger charge is 2.29. The molecule has 2 N–H and O–H groups in total. The summed E-state index contributed by atoms with van der Waals surface area (Å²) in [7, 11) is 0. The van der Waals surface area contributed by atoms with Gasteiger partial charge in [0.15, 0.2) is 5.69 Å². The number of amides is 1. The Balaban J connectivity index is 0.00000169. The monoisotopic (exact) mass is 414 g/mol. The summed E-state index contributed by atoms with van der Waals surface area (Å²) in [5.74, 6) is 0.0475. The lowest BCUT2D eigenvalue weighted by Crippen LogP contribution is -2.40. The molecule has 2 aromatic rings. The fourth-order valence-corrected chi connectivity index (χ4v) is 3.70. The summed E-state index contributed by atoms with van der Waals surface area (Å²) < 4.78 is 2.98. The van der Waals surface area contributed by atoms with E-state index in [0.717, 1.165) is 61.2 Å². The van der Waals surface area contributed by atoms with Crippen molar-refractivity contribution in [3.05, 3.63) is 33.8 Å². The molecule has 0 bridgehead atoms. The molecule has 0 unspecified atom stereocenters. The zero-order valence-corrected chi connectivity index (χ0v) is 15.6. The molecule has 0 radical (unpaired) electrons. The van der Waals surface area contributed by atoms with E-state index in [1.54, 1.807) is 6.20 Å². The van der Waals surface area contributed by atoms with Gasteiger partial charge in [-0.3, -0.25) is 14.6 Å². The van der Waals surface area contributed by atoms with Gasteiger partial charge in [0, 0.05) is 50.1 Å². The van der Waals surface area contributed by atoms with Gasteiger partial charge >= 0.3 is 0 Å². The molecule has 0 spiro atoms. The highest BCUT2D eigenvalue weighted by Crippen LogP contribution is 2.25. The van der Waals surface area contributed by atoms with E-state index in [1.807, 2.05) is 15.8 Å². The number of aromatic amines is 1. The van der Waals surface area contributed by atoms with Crippen LogP contribution >= 0.6 is 28.3 Å². The van der Waals surface area contributed by atoms with Crippen LogP contribution in [0.15, 0.2) is 16.9 Å². The van der Waals surface area contributed by atoms with Gasteiger partial charge in [0.25, 0.3) is 5.91 Å². The Kier molecular flexibility index (Phi) is 5.27. The van der Waals surface area contributed by atoms with Crippen molar-refractivity contribution in [2.24, 2.45) is 0 Å². The molecule has 24 heavy (non-hydrogen) atoms. The van der Waals surface area contributed by atoms with Crippen molar-refractivity contribution >= 4 is 34.2 Å². The van der Waals surface area contributed by atoms with E-state index in [2.05, 4.69) is 36.5 Å². The summed E-state index contributed by atoms with van der Waals surface area (Å²) in [6.45, 7) is 3.16. The number of rotatable bonds is 2. The number of nitrogens with zero attached hydrogens (tertiary/aromatic N) is 4. The minimum Gasteiger partial charge on any atom is -0.337 e. The van der Waals surface area contributed by atoms with Crippen LogP contribution in [0.25, 0.3) is 0 Å². The Bertz CT molecular complexity index is 721. The van der Waals surface area contributed by atoms with Crippen LogP contribution in [-0.4, -0.2) is 50.4 Å². The van der Waals surface area contributed by atoms with Gasteiger partial charge in [-0.05, 0) is 28.8 Å². The Morgan fingerprint density at radius 2 is 2.12 bits per heavy atom. The van der Waals surface area contributed by atoms with Crippen LogP contribution in [-0.2, 0) is 13.0 Å². The molecule has 9 heteroatoms. The van der Waals surface area contributed by atoms with E-state index >= 15 is 0 Å². The number of piperidine rings is 1. The van der Waals surface area contributed by atoms with Crippen molar-refractivity contribution in [3.63, 3.8) is 0 Å². The molecule has 1 saturated heterocycles. The van der Waals surface area contributed by atoms with Crippen LogP contribution < -0.4 is 5.32 Å². The highest BCUT2D eigenvalue weighted by atomic mass is 79.9. The van der Waals surface area contributed by atoms with E-state index < -0.39 is 0 Å². The van der Waals surface area contributed by atoms with Crippen LogP contribution in [0.1, 0.15) is 40.6 Å². The number of halogens is 2. The first kappa shape index (κ1) is 17.4. The van der Waals surface area contributed by atoms with E-state index in [1.165, 1.54) is 0 Å². The van der Waals surface area contributed by atoms with Crippen molar-refractivity contribution < 1.29 is 4.79 Å². The number of fused-ring (bicyclic) bond motifs is 1. The number of carbonyl (C=O) groups excluding carboxylic acids is 1. The number of aromatic nitrogens is 4. The van der Waals surface area contributed by atoms with Crippen molar-refractivity contribution in [2.45, 2.75) is 31.8 Å². The van der Waals surface area contributed by atoms with Crippen LogP contribution in [0.2, 0.25) is 0 Å². The number of nitrogens with one attached hydrogen (secondary N) is 2. The van der Waals surface area contributed by atoms with E-state index in [0.29, 0.717) is 11.7 Å². The van der Waals surface area contributed by atoms with Gasteiger partial charge in [-0.15, -0.1) is 12.4 Å². The first-order valence-corrected chi connectivity index (χ1v) is 8.77. The molecule has 2 aliphatic rings. The van der Waals surface area contributed by atoms with E-state index in [9.17, 15) is 4.79 Å². The summed E-state index contributed by atoms with van der Waals surface area (Å²) in [6.07, 6.45) is 6.56. The maximum absolute atomic E-state index is 12.8. The molecule has 4 heterocycles. The largest absolute Gasteiger partial charge is 0.337 e. The minimum absolute atomic E-state index is 0. The highest BCUT2D eigenvalue weighted by molar-refractivity contribution is 9.10. The standard InChI is InChI=1S/C15H19BrN6O.ClH/c16-10-7-18-22(9-10)11-2-5-21(6-3-11)15(23)14-12-8-17-4-1-13(12)19-20-14;/h7,9,11,17H,1-6,8H2,(H,19,20);1H. The van der Waals surface area contributed by atoms with Crippen LogP contribution in [0.4, 0.5) is 0 Å². The normalized spacial score (nSPS) is 18.1. The van der Waals surface area contributed by atoms with E-state index in [-0.39, 0.29) is 18.3 Å². The average molecular weight is 416 g/mol. The van der Waals surface area contributed by atoms with Gasteiger partial charge in [-0.2, -0.15) is 10.2 Å². The third-order valence-electron chi connectivity index (χ3n) is 4.70. The van der Waals surface area contributed by atoms with Crippen molar-refractivity contribution in [2.75, 3.05) is 19.6 Å². The number of H-pyrrole nitrogens is 1. The molecule has 1 amide bonds. The molecule has 4 rings (SSSR count). The summed E-state index contributed by atoms with van der Waals surface area (Å²) in [5, 5.41) is 15.0. The average Bonchev–Trinajstić information content (AvgIpc) is 3.21. The number of hydrogen-bond donors (Lipinski definition) is 2. The first-order valence-electron chi connectivity index (χ1n) is 7.98. The van der Waals surface area contributed by atoms with Gasteiger partial charge in [0.05, 0.1) is 16.7 Å². The predicted octanol–water partition coefficient (Wildman–Crippen LogP) is 1.91. The Hall–Kier alpha value is -1.38. The second kappa shape index (κ2) is 7.25. The lowest BCUT2D eigenvalue weighted by atomic mass is 10.0. The third kappa shape index (κ3) is 3.22. The maximum atomic E-state index is 12.8. The van der Waals surface area contributed by atoms with Crippen LogP contribution in [0.3, 0.4) is 0 Å². The zero-order chi connectivity index (χ0) is 15.8. The molecule has 0 saturated carbocycles. The molecule has 0 atom stereocenters. The van der Waals surface area contributed by atoms with Gasteiger partial charge in [-0.1, -0.05) is 0 Å². The fourth-order valence-electron chi connectivity index (χ4n) is 3.40.